The molecule has 1 aromatic heterocycles. The third-order valence-corrected chi connectivity index (χ3v) is 4.33. The minimum absolute atomic E-state index is 0.00256. The van der Waals surface area contributed by atoms with Crippen LogP contribution >= 0.6 is 0 Å². The highest BCUT2D eigenvalue weighted by Crippen LogP contribution is 2.31. The Morgan fingerprint density at radius 3 is 2.70 bits per heavy atom. The number of nitrogens with zero attached hydrogens (tertiary/aromatic N) is 2. The summed E-state index contributed by atoms with van der Waals surface area (Å²) in [6.45, 7) is 0.556. The van der Waals surface area contributed by atoms with E-state index in [1.54, 1.807) is 0 Å². The van der Waals surface area contributed by atoms with Gasteiger partial charge < -0.3 is 10.2 Å². The van der Waals surface area contributed by atoms with E-state index in [9.17, 15) is 9.18 Å². The zero-order chi connectivity index (χ0) is 14.6. The molecule has 1 fully saturated rings. The second-order valence-electron chi connectivity index (χ2n) is 5.72. The van der Waals surface area contributed by atoms with E-state index >= 15 is 0 Å². The van der Waals surface area contributed by atoms with Crippen LogP contribution in [0.2, 0.25) is 0 Å². The molecular formula is C15H22FN3O. The van der Waals surface area contributed by atoms with Crippen LogP contribution < -0.4 is 5.32 Å². The maximum absolute atomic E-state index is 13.5. The summed E-state index contributed by atoms with van der Waals surface area (Å²) < 4.78 is 13.5. The van der Waals surface area contributed by atoms with Crippen molar-refractivity contribution in [2.75, 3.05) is 20.6 Å². The second kappa shape index (κ2) is 6.31. The second-order valence-corrected chi connectivity index (χ2v) is 5.72. The highest BCUT2D eigenvalue weighted by molar-refractivity contribution is 5.94. The number of nitrogens with one attached hydrogen (secondary N) is 1. The van der Waals surface area contributed by atoms with E-state index in [-0.39, 0.29) is 17.0 Å². The van der Waals surface area contributed by atoms with Crippen molar-refractivity contribution in [2.45, 2.75) is 37.6 Å². The molecule has 1 aromatic rings. The molecule has 0 aliphatic heterocycles. The van der Waals surface area contributed by atoms with Crippen molar-refractivity contribution in [2.24, 2.45) is 0 Å². The van der Waals surface area contributed by atoms with E-state index in [0.717, 1.165) is 19.0 Å². The summed E-state index contributed by atoms with van der Waals surface area (Å²) in [7, 11) is 4.09. The van der Waals surface area contributed by atoms with Crippen LogP contribution in [-0.2, 0) is 0 Å². The standard InChI is InChI=1S/C15H22FN3O/c1-19(2)15(7-4-3-5-8-15)11-18-14(20)12-6-9-17-10-13(12)16/h6,9-10H,3-5,7-8,11H2,1-2H3,(H,18,20). The molecular weight excluding hydrogens is 257 g/mol. The predicted molar refractivity (Wildman–Crippen MR) is 76.0 cm³/mol. The van der Waals surface area contributed by atoms with Gasteiger partial charge >= 0.3 is 0 Å². The van der Waals surface area contributed by atoms with Crippen molar-refractivity contribution in [3.8, 4) is 0 Å². The van der Waals surface area contributed by atoms with Crippen LogP contribution in [0.25, 0.3) is 0 Å². The molecule has 1 aliphatic rings. The van der Waals surface area contributed by atoms with Gasteiger partial charge in [-0.2, -0.15) is 0 Å². The Morgan fingerprint density at radius 1 is 1.40 bits per heavy atom. The topological polar surface area (TPSA) is 45.2 Å². The van der Waals surface area contributed by atoms with Crippen molar-refractivity contribution in [3.63, 3.8) is 0 Å². The summed E-state index contributed by atoms with van der Waals surface area (Å²) in [5, 5.41) is 2.88. The SMILES string of the molecule is CN(C)C1(CNC(=O)c2ccncc2F)CCCCC1. The van der Waals surface area contributed by atoms with Crippen LogP contribution in [0.1, 0.15) is 42.5 Å². The summed E-state index contributed by atoms with van der Waals surface area (Å²) in [6.07, 6.45) is 8.24. The first-order valence-corrected chi connectivity index (χ1v) is 7.10. The van der Waals surface area contributed by atoms with Crippen LogP contribution in [0.3, 0.4) is 0 Å². The minimum atomic E-state index is -0.576. The highest BCUT2D eigenvalue weighted by Gasteiger charge is 2.34. The first-order chi connectivity index (χ1) is 9.55. The van der Waals surface area contributed by atoms with Crippen molar-refractivity contribution < 1.29 is 9.18 Å². The Balaban J connectivity index is 2.03. The van der Waals surface area contributed by atoms with Crippen molar-refractivity contribution in [1.29, 1.82) is 0 Å². The van der Waals surface area contributed by atoms with Gasteiger partial charge in [-0.3, -0.25) is 9.78 Å². The molecule has 0 bridgehead atoms. The van der Waals surface area contributed by atoms with Gasteiger partial charge in [-0.1, -0.05) is 19.3 Å². The van der Waals surface area contributed by atoms with Gasteiger partial charge in [0.05, 0.1) is 11.8 Å². The molecule has 110 valence electrons. The molecule has 0 radical (unpaired) electrons. The fraction of sp³-hybridized carbons (Fsp3) is 0.600. The van der Waals surface area contributed by atoms with Gasteiger partial charge in [0.15, 0.2) is 5.82 Å². The molecule has 1 amide bonds. The lowest BCUT2D eigenvalue weighted by Crippen LogP contribution is -2.53. The molecule has 0 atom stereocenters. The number of pyridine rings is 1. The van der Waals surface area contributed by atoms with E-state index in [2.05, 4.69) is 15.2 Å². The van der Waals surface area contributed by atoms with Gasteiger partial charge in [-0.25, -0.2) is 4.39 Å². The first kappa shape index (κ1) is 14.9. The molecule has 0 spiro atoms. The van der Waals surface area contributed by atoms with Crippen LogP contribution in [0, 0.1) is 5.82 Å². The molecule has 0 saturated heterocycles. The zero-order valence-electron chi connectivity index (χ0n) is 12.2. The molecule has 1 aliphatic carbocycles. The number of rotatable bonds is 4. The number of halogens is 1. The van der Waals surface area contributed by atoms with Gasteiger partial charge in [0.2, 0.25) is 0 Å². The van der Waals surface area contributed by atoms with Crippen LogP contribution in [0.15, 0.2) is 18.5 Å². The Morgan fingerprint density at radius 2 is 2.10 bits per heavy atom. The molecule has 0 aromatic carbocycles. The fourth-order valence-corrected chi connectivity index (χ4v) is 2.89. The summed E-state index contributed by atoms with van der Waals surface area (Å²) in [5.74, 6) is -0.941. The molecule has 1 saturated carbocycles. The van der Waals surface area contributed by atoms with Crippen LogP contribution in [-0.4, -0.2) is 42.0 Å². The Bertz CT molecular complexity index is 470. The van der Waals surface area contributed by atoms with Crippen molar-refractivity contribution in [1.82, 2.24) is 15.2 Å². The Kier molecular flexibility index (Phi) is 4.70. The molecule has 0 unspecified atom stereocenters. The number of likely N-dealkylation sites (N-methyl/N-ethyl adjacent to an activating group) is 1. The van der Waals surface area contributed by atoms with E-state index in [4.69, 9.17) is 0 Å². The Hall–Kier alpha value is -1.49. The van der Waals surface area contributed by atoms with Gasteiger partial charge in [0, 0.05) is 18.3 Å². The van der Waals surface area contributed by atoms with Crippen LogP contribution in [0.5, 0.6) is 0 Å². The summed E-state index contributed by atoms with van der Waals surface area (Å²) in [4.78, 5) is 17.9. The van der Waals surface area contributed by atoms with Gasteiger partial charge in [0.25, 0.3) is 5.91 Å². The highest BCUT2D eigenvalue weighted by atomic mass is 19.1. The molecule has 2 rings (SSSR count). The summed E-state index contributed by atoms with van der Waals surface area (Å²) in [5.41, 5.74) is 0.0574. The third kappa shape index (κ3) is 3.15. The van der Waals surface area contributed by atoms with Crippen molar-refractivity contribution >= 4 is 5.91 Å². The lowest BCUT2D eigenvalue weighted by Gasteiger charge is -2.43. The smallest absolute Gasteiger partial charge is 0.254 e. The number of hydrogen-bond donors (Lipinski definition) is 1. The predicted octanol–water partition coefficient (Wildman–Crippen LogP) is 2.21. The summed E-state index contributed by atoms with van der Waals surface area (Å²) >= 11 is 0. The van der Waals surface area contributed by atoms with Gasteiger partial charge in [-0.15, -0.1) is 0 Å². The van der Waals surface area contributed by atoms with E-state index in [1.165, 1.54) is 31.5 Å². The lowest BCUT2D eigenvalue weighted by atomic mass is 9.80. The average molecular weight is 279 g/mol. The molecule has 1 heterocycles. The Labute approximate surface area is 119 Å². The first-order valence-electron chi connectivity index (χ1n) is 7.10. The molecule has 1 N–H and O–H groups in total. The quantitative estimate of drug-likeness (QED) is 0.919. The monoisotopic (exact) mass is 279 g/mol. The maximum Gasteiger partial charge on any atom is 0.254 e. The van der Waals surface area contributed by atoms with E-state index < -0.39 is 5.82 Å². The number of carbonyl (C=O) groups excluding carboxylic acids is 1. The summed E-state index contributed by atoms with van der Waals surface area (Å²) in [6, 6.07) is 1.41. The fourth-order valence-electron chi connectivity index (χ4n) is 2.89. The minimum Gasteiger partial charge on any atom is -0.350 e. The third-order valence-electron chi connectivity index (χ3n) is 4.33. The van der Waals surface area contributed by atoms with Gasteiger partial charge in [0.1, 0.15) is 0 Å². The largest absolute Gasteiger partial charge is 0.350 e. The molecule has 5 heteroatoms. The number of amides is 1. The van der Waals surface area contributed by atoms with E-state index in [1.807, 2.05) is 14.1 Å². The van der Waals surface area contributed by atoms with E-state index in [0.29, 0.717) is 6.54 Å². The number of aromatic nitrogens is 1. The average Bonchev–Trinajstić information content (AvgIpc) is 2.46. The molecule has 20 heavy (non-hydrogen) atoms. The molecule has 4 nitrogen and oxygen atoms in total. The number of hydrogen-bond acceptors (Lipinski definition) is 3. The normalized spacial score (nSPS) is 18.0. The van der Waals surface area contributed by atoms with Crippen molar-refractivity contribution in [3.05, 3.63) is 29.8 Å². The zero-order valence-corrected chi connectivity index (χ0v) is 12.2. The van der Waals surface area contributed by atoms with Gasteiger partial charge in [-0.05, 0) is 33.0 Å². The number of carbonyl (C=O) groups is 1. The maximum atomic E-state index is 13.5. The van der Waals surface area contributed by atoms with Crippen LogP contribution in [0.4, 0.5) is 4.39 Å². The lowest BCUT2D eigenvalue weighted by molar-refractivity contribution is 0.0796.